The molecule has 20 heavy (non-hydrogen) atoms. The van der Waals surface area contributed by atoms with Gasteiger partial charge in [0.05, 0.1) is 7.11 Å². The molecule has 0 aromatic heterocycles. The fourth-order valence-corrected chi connectivity index (χ4v) is 1.94. The van der Waals surface area contributed by atoms with E-state index in [-0.39, 0.29) is 11.9 Å². The molecule has 2 aromatic carbocycles. The summed E-state index contributed by atoms with van der Waals surface area (Å²) >= 11 is 0. The third-order valence-corrected chi connectivity index (χ3v) is 3.07. The molecule has 0 spiro atoms. The SMILES string of the molecule is COc1ccccc1Oc1cc(C)c(F)cc1[C@H](C)N. The molecule has 0 heterocycles. The smallest absolute Gasteiger partial charge is 0.169 e. The molecule has 2 aromatic rings. The molecule has 4 heteroatoms. The van der Waals surface area contributed by atoms with Crippen molar-refractivity contribution in [2.45, 2.75) is 19.9 Å². The van der Waals surface area contributed by atoms with E-state index >= 15 is 0 Å². The van der Waals surface area contributed by atoms with Gasteiger partial charge in [-0.25, -0.2) is 4.39 Å². The van der Waals surface area contributed by atoms with Crippen LogP contribution in [0.5, 0.6) is 17.2 Å². The van der Waals surface area contributed by atoms with Crippen molar-refractivity contribution in [1.29, 1.82) is 0 Å². The minimum atomic E-state index is -0.324. The van der Waals surface area contributed by atoms with Crippen LogP contribution in [0.2, 0.25) is 0 Å². The van der Waals surface area contributed by atoms with Crippen LogP contribution in [0.25, 0.3) is 0 Å². The van der Waals surface area contributed by atoms with Crippen molar-refractivity contribution in [3.63, 3.8) is 0 Å². The zero-order chi connectivity index (χ0) is 14.7. The van der Waals surface area contributed by atoms with E-state index in [1.807, 2.05) is 12.1 Å². The maximum Gasteiger partial charge on any atom is 0.169 e. The Morgan fingerprint density at radius 1 is 1.10 bits per heavy atom. The highest BCUT2D eigenvalue weighted by atomic mass is 19.1. The molecule has 0 fully saturated rings. The minimum Gasteiger partial charge on any atom is -0.493 e. The number of aryl methyl sites for hydroxylation is 1. The predicted octanol–water partition coefficient (Wildman–Crippen LogP) is 3.95. The highest BCUT2D eigenvalue weighted by Gasteiger charge is 2.14. The van der Waals surface area contributed by atoms with Gasteiger partial charge in [-0.2, -0.15) is 0 Å². The molecular weight excluding hydrogens is 257 g/mol. The van der Waals surface area contributed by atoms with E-state index in [0.717, 1.165) is 0 Å². The lowest BCUT2D eigenvalue weighted by molar-refractivity contribution is 0.376. The summed E-state index contributed by atoms with van der Waals surface area (Å²) in [6.45, 7) is 3.48. The summed E-state index contributed by atoms with van der Waals surface area (Å²) in [5, 5.41) is 0. The highest BCUT2D eigenvalue weighted by molar-refractivity contribution is 5.47. The Morgan fingerprint density at radius 3 is 2.35 bits per heavy atom. The molecule has 0 aliphatic heterocycles. The number of methoxy groups -OCH3 is 1. The third-order valence-electron chi connectivity index (χ3n) is 3.07. The van der Waals surface area contributed by atoms with Gasteiger partial charge >= 0.3 is 0 Å². The normalized spacial score (nSPS) is 12.1. The quantitative estimate of drug-likeness (QED) is 0.918. The second-order valence-electron chi connectivity index (χ2n) is 4.68. The van der Waals surface area contributed by atoms with Crippen LogP contribution in [-0.2, 0) is 0 Å². The number of hydrogen-bond acceptors (Lipinski definition) is 3. The summed E-state index contributed by atoms with van der Waals surface area (Å²) in [6.07, 6.45) is 0. The predicted molar refractivity (Wildman–Crippen MR) is 76.8 cm³/mol. The first-order chi connectivity index (χ1) is 9.52. The van der Waals surface area contributed by atoms with E-state index in [2.05, 4.69) is 0 Å². The van der Waals surface area contributed by atoms with Gasteiger partial charge in [-0.3, -0.25) is 0 Å². The van der Waals surface area contributed by atoms with Gasteiger partial charge in [-0.05, 0) is 43.7 Å². The molecule has 0 unspecified atom stereocenters. The van der Waals surface area contributed by atoms with Gasteiger partial charge in [0, 0.05) is 11.6 Å². The summed E-state index contributed by atoms with van der Waals surface area (Å²) in [7, 11) is 1.57. The number of ether oxygens (including phenoxy) is 2. The summed E-state index contributed by atoms with van der Waals surface area (Å²) in [5.41, 5.74) is 7.02. The van der Waals surface area contributed by atoms with Crippen molar-refractivity contribution in [1.82, 2.24) is 0 Å². The first-order valence-electron chi connectivity index (χ1n) is 6.39. The molecule has 2 N–H and O–H groups in total. The molecule has 3 nitrogen and oxygen atoms in total. The molecule has 0 bridgehead atoms. The van der Waals surface area contributed by atoms with Crippen LogP contribution in [0.3, 0.4) is 0 Å². The van der Waals surface area contributed by atoms with Crippen LogP contribution in [0.4, 0.5) is 4.39 Å². The lowest BCUT2D eigenvalue weighted by atomic mass is 10.0. The Morgan fingerprint density at radius 2 is 1.75 bits per heavy atom. The van der Waals surface area contributed by atoms with Crippen molar-refractivity contribution >= 4 is 0 Å². The lowest BCUT2D eigenvalue weighted by Crippen LogP contribution is -2.08. The van der Waals surface area contributed by atoms with Crippen LogP contribution in [0, 0.1) is 12.7 Å². The fourth-order valence-electron chi connectivity index (χ4n) is 1.94. The molecule has 106 valence electrons. The Balaban J connectivity index is 2.45. The van der Waals surface area contributed by atoms with Crippen LogP contribution in [0.1, 0.15) is 24.1 Å². The zero-order valence-electron chi connectivity index (χ0n) is 11.8. The second kappa shape index (κ2) is 5.92. The van der Waals surface area contributed by atoms with Crippen molar-refractivity contribution < 1.29 is 13.9 Å². The third kappa shape index (κ3) is 2.91. The number of rotatable bonds is 4. The van der Waals surface area contributed by atoms with Crippen molar-refractivity contribution in [2.24, 2.45) is 5.73 Å². The molecule has 2 rings (SSSR count). The van der Waals surface area contributed by atoms with Gasteiger partial charge in [0.25, 0.3) is 0 Å². The lowest BCUT2D eigenvalue weighted by Gasteiger charge is -2.16. The van der Waals surface area contributed by atoms with E-state index in [1.165, 1.54) is 6.07 Å². The molecule has 1 atom stereocenters. The van der Waals surface area contributed by atoms with Gasteiger partial charge in [-0.15, -0.1) is 0 Å². The molecule has 0 saturated heterocycles. The van der Waals surface area contributed by atoms with Crippen LogP contribution in [0.15, 0.2) is 36.4 Å². The topological polar surface area (TPSA) is 44.5 Å². The van der Waals surface area contributed by atoms with E-state index in [9.17, 15) is 4.39 Å². The summed E-state index contributed by atoms with van der Waals surface area (Å²) in [5.74, 6) is 1.45. The van der Waals surface area contributed by atoms with Crippen molar-refractivity contribution in [3.05, 3.63) is 53.3 Å². The molecule has 0 aliphatic carbocycles. The van der Waals surface area contributed by atoms with Gasteiger partial charge in [0.15, 0.2) is 11.5 Å². The van der Waals surface area contributed by atoms with Crippen LogP contribution < -0.4 is 15.2 Å². The maximum absolute atomic E-state index is 13.7. The molecule has 0 saturated carbocycles. The average molecular weight is 275 g/mol. The van der Waals surface area contributed by atoms with Gasteiger partial charge in [0.1, 0.15) is 11.6 Å². The Bertz CT molecular complexity index is 611. The molecule has 0 amide bonds. The summed E-state index contributed by atoms with van der Waals surface area (Å²) < 4.78 is 24.8. The van der Waals surface area contributed by atoms with E-state index < -0.39 is 0 Å². The number of para-hydroxylation sites is 2. The Hall–Kier alpha value is -2.07. The van der Waals surface area contributed by atoms with Crippen molar-refractivity contribution in [3.8, 4) is 17.2 Å². The molecule has 0 aliphatic rings. The van der Waals surface area contributed by atoms with Crippen LogP contribution in [-0.4, -0.2) is 7.11 Å². The first kappa shape index (κ1) is 14.3. The highest BCUT2D eigenvalue weighted by Crippen LogP contribution is 2.35. The minimum absolute atomic E-state index is 0.287. The summed E-state index contributed by atoms with van der Waals surface area (Å²) in [4.78, 5) is 0. The fraction of sp³-hybridized carbons (Fsp3) is 0.250. The van der Waals surface area contributed by atoms with E-state index in [0.29, 0.717) is 28.4 Å². The van der Waals surface area contributed by atoms with Gasteiger partial charge in [0.2, 0.25) is 0 Å². The van der Waals surface area contributed by atoms with E-state index in [4.69, 9.17) is 15.2 Å². The van der Waals surface area contributed by atoms with Gasteiger partial charge in [-0.1, -0.05) is 12.1 Å². The largest absolute Gasteiger partial charge is 0.493 e. The number of halogens is 1. The molecule has 0 radical (unpaired) electrons. The Kier molecular flexibility index (Phi) is 4.25. The number of hydrogen-bond donors (Lipinski definition) is 1. The molecular formula is C16H18FNO2. The Labute approximate surface area is 118 Å². The average Bonchev–Trinajstić information content (AvgIpc) is 2.43. The monoisotopic (exact) mass is 275 g/mol. The summed E-state index contributed by atoms with van der Waals surface area (Å²) in [6, 6.07) is 10.0. The van der Waals surface area contributed by atoms with Gasteiger partial charge < -0.3 is 15.2 Å². The second-order valence-corrected chi connectivity index (χ2v) is 4.68. The number of benzene rings is 2. The maximum atomic E-state index is 13.7. The van der Waals surface area contributed by atoms with E-state index in [1.54, 1.807) is 39.2 Å². The zero-order valence-corrected chi connectivity index (χ0v) is 11.8. The van der Waals surface area contributed by atoms with Crippen molar-refractivity contribution in [2.75, 3.05) is 7.11 Å². The number of nitrogens with two attached hydrogens (primary N) is 1. The standard InChI is InChI=1S/C16H18FNO2/c1-10-8-16(12(11(2)18)9-13(10)17)20-15-7-5-4-6-14(15)19-3/h4-9,11H,18H2,1-3H3/t11-/m0/s1. The first-order valence-corrected chi connectivity index (χ1v) is 6.39. The van der Waals surface area contributed by atoms with Crippen LogP contribution >= 0.6 is 0 Å².